The Bertz CT molecular complexity index is 508. The van der Waals surface area contributed by atoms with Crippen molar-refractivity contribution >= 4 is 18.3 Å². The predicted molar refractivity (Wildman–Crippen MR) is 89.1 cm³/mol. The topological polar surface area (TPSA) is 64.8 Å². The Kier molecular flexibility index (Phi) is 6.97. The molecule has 1 aromatic rings. The van der Waals surface area contributed by atoms with Crippen LogP contribution in [0.25, 0.3) is 0 Å². The number of hydrogen-bond donors (Lipinski definition) is 1. The van der Waals surface area contributed by atoms with Crippen molar-refractivity contribution in [1.29, 1.82) is 0 Å². The summed E-state index contributed by atoms with van der Waals surface area (Å²) >= 11 is 0. The van der Waals surface area contributed by atoms with Gasteiger partial charge in [0.1, 0.15) is 0 Å². The number of halogens is 1. The van der Waals surface area contributed by atoms with Gasteiger partial charge in [-0.05, 0) is 43.9 Å². The number of carbonyl (C=O) groups excluding carboxylic acids is 1. The molecular weight excluding hydrogens is 304 g/mol. The lowest BCUT2D eigenvalue weighted by molar-refractivity contribution is 0.0660. The summed E-state index contributed by atoms with van der Waals surface area (Å²) in [4.78, 5) is 14.5. The molecule has 0 aliphatic carbocycles. The third-order valence-electron chi connectivity index (χ3n) is 4.12. The lowest BCUT2D eigenvalue weighted by atomic mass is 9.92. The van der Waals surface area contributed by atoms with E-state index in [0.29, 0.717) is 23.0 Å². The molecule has 0 spiro atoms. The Hall–Kier alpha value is -1.46. The van der Waals surface area contributed by atoms with Crippen LogP contribution in [0.2, 0.25) is 0 Å². The Morgan fingerprint density at radius 1 is 1.32 bits per heavy atom. The molecule has 0 aromatic heterocycles. The number of hydrogen-bond acceptors (Lipinski definition) is 4. The Labute approximate surface area is 138 Å². The fourth-order valence-corrected chi connectivity index (χ4v) is 2.78. The third kappa shape index (κ3) is 4.05. The minimum Gasteiger partial charge on any atom is -0.493 e. The van der Waals surface area contributed by atoms with E-state index in [2.05, 4.69) is 0 Å². The summed E-state index contributed by atoms with van der Waals surface area (Å²) in [6, 6.07) is 5.39. The summed E-state index contributed by atoms with van der Waals surface area (Å²) in [5.41, 5.74) is 6.60. The van der Waals surface area contributed by atoms with Gasteiger partial charge in [0.25, 0.3) is 5.91 Å². The number of carbonyl (C=O) groups is 1. The molecule has 1 fully saturated rings. The zero-order valence-electron chi connectivity index (χ0n) is 13.4. The molecule has 5 nitrogen and oxygen atoms in total. The van der Waals surface area contributed by atoms with Crippen LogP contribution >= 0.6 is 12.4 Å². The fourth-order valence-electron chi connectivity index (χ4n) is 2.78. The fraction of sp³-hybridized carbons (Fsp3) is 0.562. The summed E-state index contributed by atoms with van der Waals surface area (Å²) in [5.74, 6) is 1.61. The van der Waals surface area contributed by atoms with Gasteiger partial charge in [0.2, 0.25) is 0 Å². The first kappa shape index (κ1) is 18.6. The van der Waals surface area contributed by atoms with Gasteiger partial charge in [-0.1, -0.05) is 0 Å². The van der Waals surface area contributed by atoms with E-state index in [-0.39, 0.29) is 24.4 Å². The summed E-state index contributed by atoms with van der Waals surface area (Å²) in [5, 5.41) is 0. The van der Waals surface area contributed by atoms with Crippen molar-refractivity contribution in [3.05, 3.63) is 23.8 Å². The van der Waals surface area contributed by atoms with E-state index in [0.717, 1.165) is 25.9 Å². The highest BCUT2D eigenvalue weighted by atomic mass is 35.5. The molecule has 1 aliphatic heterocycles. The number of rotatable bonds is 4. The Morgan fingerprint density at radius 2 is 2.00 bits per heavy atom. The van der Waals surface area contributed by atoms with E-state index in [1.54, 1.807) is 32.4 Å². The van der Waals surface area contributed by atoms with Crippen molar-refractivity contribution in [2.75, 3.05) is 27.3 Å². The normalized spacial score (nSPS) is 19.1. The number of nitrogens with two attached hydrogens (primary N) is 1. The molecule has 2 atom stereocenters. The molecule has 1 aromatic carbocycles. The molecule has 6 heteroatoms. The number of piperidine rings is 1. The van der Waals surface area contributed by atoms with Crippen LogP contribution in [0, 0.1) is 5.92 Å². The van der Waals surface area contributed by atoms with E-state index in [4.69, 9.17) is 15.2 Å². The van der Waals surface area contributed by atoms with Crippen molar-refractivity contribution in [2.24, 2.45) is 11.7 Å². The van der Waals surface area contributed by atoms with Gasteiger partial charge in [0.05, 0.1) is 14.2 Å². The van der Waals surface area contributed by atoms with Crippen LogP contribution in [0.4, 0.5) is 0 Å². The number of nitrogens with zero attached hydrogens (tertiary/aromatic N) is 1. The Balaban J connectivity index is 0.00000242. The molecule has 22 heavy (non-hydrogen) atoms. The second-order valence-corrected chi connectivity index (χ2v) is 5.58. The maximum atomic E-state index is 12.6. The van der Waals surface area contributed by atoms with E-state index >= 15 is 0 Å². The molecule has 2 rings (SSSR count). The van der Waals surface area contributed by atoms with E-state index < -0.39 is 0 Å². The summed E-state index contributed by atoms with van der Waals surface area (Å²) in [6.45, 7) is 3.52. The highest BCUT2D eigenvalue weighted by molar-refractivity contribution is 5.95. The van der Waals surface area contributed by atoms with Crippen molar-refractivity contribution in [1.82, 2.24) is 4.90 Å². The van der Waals surface area contributed by atoms with Gasteiger partial charge in [-0.3, -0.25) is 4.79 Å². The molecule has 1 heterocycles. The smallest absolute Gasteiger partial charge is 0.254 e. The van der Waals surface area contributed by atoms with E-state index in [1.807, 2.05) is 11.8 Å². The number of benzene rings is 1. The number of ether oxygens (including phenoxy) is 2. The van der Waals surface area contributed by atoms with Crippen LogP contribution in [-0.2, 0) is 0 Å². The molecule has 1 amide bonds. The van der Waals surface area contributed by atoms with E-state index in [1.165, 1.54) is 0 Å². The largest absolute Gasteiger partial charge is 0.493 e. The minimum atomic E-state index is 0. The van der Waals surface area contributed by atoms with Gasteiger partial charge >= 0.3 is 0 Å². The van der Waals surface area contributed by atoms with Crippen LogP contribution in [0.5, 0.6) is 11.5 Å². The third-order valence-corrected chi connectivity index (χ3v) is 4.12. The lowest BCUT2D eigenvalue weighted by Gasteiger charge is -2.34. The minimum absolute atomic E-state index is 0. The monoisotopic (exact) mass is 328 g/mol. The summed E-state index contributed by atoms with van der Waals surface area (Å²) < 4.78 is 10.5. The van der Waals surface area contributed by atoms with Gasteiger partial charge < -0.3 is 20.1 Å². The zero-order chi connectivity index (χ0) is 15.4. The maximum Gasteiger partial charge on any atom is 0.254 e. The first-order valence-electron chi connectivity index (χ1n) is 7.33. The molecule has 2 unspecified atom stereocenters. The van der Waals surface area contributed by atoms with Gasteiger partial charge in [0, 0.05) is 24.7 Å². The molecule has 1 aliphatic rings. The summed E-state index contributed by atoms with van der Waals surface area (Å²) in [7, 11) is 3.15. The van der Waals surface area contributed by atoms with Crippen molar-refractivity contribution in [3.8, 4) is 11.5 Å². The maximum absolute atomic E-state index is 12.6. The summed E-state index contributed by atoms with van der Waals surface area (Å²) in [6.07, 6.45) is 2.10. The van der Waals surface area contributed by atoms with Crippen LogP contribution in [0.1, 0.15) is 30.1 Å². The second kappa shape index (κ2) is 8.25. The van der Waals surface area contributed by atoms with Gasteiger partial charge in [-0.2, -0.15) is 0 Å². The lowest BCUT2D eigenvalue weighted by Crippen LogP contribution is -2.45. The van der Waals surface area contributed by atoms with Crippen molar-refractivity contribution in [2.45, 2.75) is 25.8 Å². The number of amides is 1. The SMILES string of the molecule is COc1ccc(C(=O)N2CCCC(C(C)N)C2)cc1OC.Cl. The van der Waals surface area contributed by atoms with Crippen LogP contribution < -0.4 is 15.2 Å². The average molecular weight is 329 g/mol. The highest BCUT2D eigenvalue weighted by Gasteiger charge is 2.26. The Morgan fingerprint density at radius 3 is 2.59 bits per heavy atom. The average Bonchev–Trinajstić information content (AvgIpc) is 2.53. The highest BCUT2D eigenvalue weighted by Crippen LogP contribution is 2.29. The number of methoxy groups -OCH3 is 2. The van der Waals surface area contributed by atoms with Gasteiger partial charge in [-0.15, -0.1) is 12.4 Å². The zero-order valence-corrected chi connectivity index (χ0v) is 14.2. The quantitative estimate of drug-likeness (QED) is 0.921. The molecule has 0 saturated carbocycles. The van der Waals surface area contributed by atoms with Crippen LogP contribution in [0.3, 0.4) is 0 Å². The molecule has 0 radical (unpaired) electrons. The molecule has 124 valence electrons. The first-order valence-corrected chi connectivity index (χ1v) is 7.33. The molecule has 0 bridgehead atoms. The standard InChI is InChI=1S/C16H24N2O3.ClH/c1-11(17)13-5-4-8-18(10-13)16(19)12-6-7-14(20-2)15(9-12)21-3;/h6-7,9,11,13H,4-5,8,10,17H2,1-3H3;1H. The molecular formula is C16H25ClN2O3. The molecule has 2 N–H and O–H groups in total. The van der Waals surface area contributed by atoms with Gasteiger partial charge in [0.15, 0.2) is 11.5 Å². The van der Waals surface area contributed by atoms with Crippen LogP contribution in [-0.4, -0.2) is 44.2 Å². The van der Waals surface area contributed by atoms with Crippen molar-refractivity contribution < 1.29 is 14.3 Å². The predicted octanol–water partition coefficient (Wildman–Crippen LogP) is 2.33. The number of likely N-dealkylation sites (tertiary alicyclic amines) is 1. The van der Waals surface area contributed by atoms with Crippen molar-refractivity contribution in [3.63, 3.8) is 0 Å². The first-order chi connectivity index (χ1) is 10.1. The van der Waals surface area contributed by atoms with E-state index in [9.17, 15) is 4.79 Å². The van der Waals surface area contributed by atoms with Gasteiger partial charge in [-0.25, -0.2) is 0 Å². The van der Waals surface area contributed by atoms with Crippen LogP contribution in [0.15, 0.2) is 18.2 Å². The second-order valence-electron chi connectivity index (χ2n) is 5.58. The molecule has 1 saturated heterocycles.